The summed E-state index contributed by atoms with van der Waals surface area (Å²) in [7, 11) is 0. The van der Waals surface area contributed by atoms with E-state index in [1.54, 1.807) is 12.1 Å². The Morgan fingerprint density at radius 3 is 2.28 bits per heavy atom. The second-order valence-electron chi connectivity index (χ2n) is 3.75. The van der Waals surface area contributed by atoms with Crippen molar-refractivity contribution >= 4 is 17.3 Å². The van der Waals surface area contributed by atoms with Gasteiger partial charge in [-0.3, -0.25) is 0 Å². The normalized spacial score (nSPS) is 10.0. The molecule has 5 heteroatoms. The van der Waals surface area contributed by atoms with Gasteiger partial charge in [0, 0.05) is 11.4 Å². The van der Waals surface area contributed by atoms with E-state index in [2.05, 4.69) is 0 Å². The molecule has 0 aliphatic rings. The Morgan fingerprint density at radius 2 is 1.67 bits per heavy atom. The Labute approximate surface area is 104 Å². The van der Waals surface area contributed by atoms with Gasteiger partial charge in [0.15, 0.2) is 11.5 Å². The summed E-state index contributed by atoms with van der Waals surface area (Å²) in [5.74, 6) is -0.651. The molecule has 0 saturated carbocycles. The number of carbonyl (C=O) groups is 1. The predicted molar refractivity (Wildman–Crippen MR) is 68.3 cm³/mol. The van der Waals surface area contributed by atoms with Gasteiger partial charge in [-0.2, -0.15) is 0 Å². The van der Waals surface area contributed by atoms with Crippen LogP contribution < -0.4 is 16.2 Å². The van der Waals surface area contributed by atoms with Crippen LogP contribution in [0, 0.1) is 0 Å². The highest BCUT2D eigenvalue weighted by atomic mass is 16.5. The molecular formula is C13H12N2O3. The van der Waals surface area contributed by atoms with Crippen LogP contribution in [-0.2, 0) is 0 Å². The lowest BCUT2D eigenvalue weighted by molar-refractivity contribution is 0.0730. The van der Waals surface area contributed by atoms with E-state index in [1.165, 1.54) is 30.3 Å². The zero-order chi connectivity index (χ0) is 13.1. The van der Waals surface area contributed by atoms with Crippen molar-refractivity contribution in [1.29, 1.82) is 0 Å². The standard InChI is InChI=1S/C13H12N2O3/c14-9-5-8(6-10(15)7-9)13(17)18-12-4-2-1-3-11(12)16/h1-7,16H,14-15H2. The van der Waals surface area contributed by atoms with Crippen LogP contribution in [0.2, 0.25) is 0 Å². The lowest BCUT2D eigenvalue weighted by Crippen LogP contribution is -2.09. The van der Waals surface area contributed by atoms with Crippen molar-refractivity contribution in [3.8, 4) is 11.5 Å². The van der Waals surface area contributed by atoms with Crippen LogP contribution in [0.4, 0.5) is 11.4 Å². The molecule has 0 unspecified atom stereocenters. The Morgan fingerprint density at radius 1 is 1.06 bits per heavy atom. The van der Waals surface area contributed by atoms with Crippen LogP contribution in [0.15, 0.2) is 42.5 Å². The van der Waals surface area contributed by atoms with E-state index < -0.39 is 5.97 Å². The lowest BCUT2D eigenvalue weighted by Gasteiger charge is -2.07. The first-order chi connectivity index (χ1) is 8.56. The van der Waals surface area contributed by atoms with Crippen LogP contribution in [0.3, 0.4) is 0 Å². The monoisotopic (exact) mass is 244 g/mol. The number of hydrogen-bond donors (Lipinski definition) is 3. The number of aromatic hydroxyl groups is 1. The average molecular weight is 244 g/mol. The number of nitrogens with two attached hydrogens (primary N) is 2. The van der Waals surface area contributed by atoms with Crippen molar-refractivity contribution in [2.75, 3.05) is 11.5 Å². The second-order valence-corrected chi connectivity index (χ2v) is 3.75. The van der Waals surface area contributed by atoms with E-state index in [9.17, 15) is 9.90 Å². The zero-order valence-electron chi connectivity index (χ0n) is 9.46. The molecule has 0 amide bonds. The fourth-order valence-corrected chi connectivity index (χ4v) is 1.50. The van der Waals surface area contributed by atoms with Crippen molar-refractivity contribution in [1.82, 2.24) is 0 Å². The minimum absolute atomic E-state index is 0.0866. The summed E-state index contributed by atoms with van der Waals surface area (Å²) in [6.07, 6.45) is 0. The van der Waals surface area contributed by atoms with Crippen LogP contribution in [0.5, 0.6) is 11.5 Å². The first kappa shape index (κ1) is 11.8. The molecule has 0 heterocycles. The second kappa shape index (κ2) is 4.67. The van der Waals surface area contributed by atoms with E-state index >= 15 is 0 Å². The molecular weight excluding hydrogens is 232 g/mol. The molecule has 5 nitrogen and oxygen atoms in total. The number of phenolic OH excluding ortho intramolecular Hbond substituents is 1. The Balaban J connectivity index is 2.25. The topological polar surface area (TPSA) is 98.6 Å². The third kappa shape index (κ3) is 2.52. The van der Waals surface area contributed by atoms with Crippen molar-refractivity contribution in [3.63, 3.8) is 0 Å². The maximum absolute atomic E-state index is 11.8. The lowest BCUT2D eigenvalue weighted by atomic mass is 10.2. The van der Waals surface area contributed by atoms with Crippen molar-refractivity contribution in [3.05, 3.63) is 48.0 Å². The molecule has 2 aromatic rings. The van der Waals surface area contributed by atoms with Gasteiger partial charge >= 0.3 is 5.97 Å². The minimum atomic E-state index is -0.629. The molecule has 0 radical (unpaired) electrons. The van der Waals surface area contributed by atoms with E-state index in [1.807, 2.05) is 0 Å². The molecule has 2 aromatic carbocycles. The number of phenols is 1. The maximum atomic E-state index is 11.8. The third-order valence-corrected chi connectivity index (χ3v) is 2.28. The van der Waals surface area contributed by atoms with Crippen LogP contribution in [-0.4, -0.2) is 11.1 Å². The van der Waals surface area contributed by atoms with Crippen molar-refractivity contribution < 1.29 is 14.6 Å². The van der Waals surface area contributed by atoms with Crippen molar-refractivity contribution in [2.45, 2.75) is 0 Å². The fourth-order valence-electron chi connectivity index (χ4n) is 1.50. The summed E-state index contributed by atoms with van der Waals surface area (Å²) >= 11 is 0. The molecule has 0 aliphatic carbocycles. The molecule has 0 saturated heterocycles. The summed E-state index contributed by atoms with van der Waals surface area (Å²) in [6.45, 7) is 0. The average Bonchev–Trinajstić information content (AvgIpc) is 2.31. The summed E-state index contributed by atoms with van der Waals surface area (Å²) in [6, 6.07) is 10.6. The van der Waals surface area contributed by atoms with Gasteiger partial charge in [0.2, 0.25) is 0 Å². The number of nitrogen functional groups attached to an aromatic ring is 2. The molecule has 0 spiro atoms. The number of hydrogen-bond acceptors (Lipinski definition) is 5. The molecule has 0 bridgehead atoms. The highest BCUT2D eigenvalue weighted by Gasteiger charge is 2.12. The van der Waals surface area contributed by atoms with Gasteiger partial charge in [0.1, 0.15) is 0 Å². The van der Waals surface area contributed by atoms with Crippen LogP contribution in [0.25, 0.3) is 0 Å². The van der Waals surface area contributed by atoms with E-state index in [-0.39, 0.29) is 17.1 Å². The van der Waals surface area contributed by atoms with E-state index in [0.29, 0.717) is 11.4 Å². The molecule has 0 aromatic heterocycles. The van der Waals surface area contributed by atoms with Gasteiger partial charge in [0.25, 0.3) is 0 Å². The molecule has 0 aliphatic heterocycles. The van der Waals surface area contributed by atoms with Crippen LogP contribution >= 0.6 is 0 Å². The Kier molecular flexibility index (Phi) is 3.05. The number of carbonyl (C=O) groups excluding carboxylic acids is 1. The number of benzene rings is 2. The predicted octanol–water partition coefficient (Wildman–Crippen LogP) is 1.78. The largest absolute Gasteiger partial charge is 0.504 e. The number of ether oxygens (including phenoxy) is 1. The van der Waals surface area contributed by atoms with Crippen LogP contribution in [0.1, 0.15) is 10.4 Å². The molecule has 18 heavy (non-hydrogen) atoms. The number of anilines is 2. The number of para-hydroxylation sites is 2. The zero-order valence-corrected chi connectivity index (χ0v) is 9.46. The van der Waals surface area contributed by atoms with Gasteiger partial charge in [-0.05, 0) is 30.3 Å². The van der Waals surface area contributed by atoms with E-state index in [0.717, 1.165) is 0 Å². The van der Waals surface area contributed by atoms with E-state index in [4.69, 9.17) is 16.2 Å². The van der Waals surface area contributed by atoms with Gasteiger partial charge < -0.3 is 21.3 Å². The summed E-state index contributed by atoms with van der Waals surface area (Å²) in [5, 5.41) is 9.49. The summed E-state index contributed by atoms with van der Waals surface area (Å²) < 4.78 is 5.04. The first-order valence-electron chi connectivity index (χ1n) is 5.22. The molecule has 0 atom stereocenters. The number of esters is 1. The van der Waals surface area contributed by atoms with Gasteiger partial charge in [-0.15, -0.1) is 0 Å². The van der Waals surface area contributed by atoms with Gasteiger partial charge in [0.05, 0.1) is 5.56 Å². The quantitative estimate of drug-likeness (QED) is 0.425. The SMILES string of the molecule is Nc1cc(N)cc(C(=O)Oc2ccccc2O)c1. The molecule has 5 N–H and O–H groups in total. The highest BCUT2D eigenvalue weighted by molar-refractivity contribution is 5.93. The first-order valence-corrected chi connectivity index (χ1v) is 5.22. The molecule has 92 valence electrons. The highest BCUT2D eigenvalue weighted by Crippen LogP contribution is 2.25. The Bertz CT molecular complexity index is 576. The number of rotatable bonds is 2. The van der Waals surface area contributed by atoms with Gasteiger partial charge in [-0.25, -0.2) is 4.79 Å². The van der Waals surface area contributed by atoms with Crippen molar-refractivity contribution in [2.24, 2.45) is 0 Å². The summed E-state index contributed by atoms with van der Waals surface area (Å²) in [5.41, 5.74) is 12.1. The maximum Gasteiger partial charge on any atom is 0.343 e. The molecule has 0 fully saturated rings. The smallest absolute Gasteiger partial charge is 0.343 e. The molecule has 2 rings (SSSR count). The summed E-state index contributed by atoms with van der Waals surface area (Å²) in [4.78, 5) is 11.8. The van der Waals surface area contributed by atoms with Gasteiger partial charge in [-0.1, -0.05) is 12.1 Å². The Hall–Kier alpha value is -2.69. The minimum Gasteiger partial charge on any atom is -0.504 e. The fraction of sp³-hybridized carbons (Fsp3) is 0. The third-order valence-electron chi connectivity index (χ3n) is 2.28.